The van der Waals surface area contributed by atoms with E-state index in [1.165, 1.54) is 0 Å². The number of carbonyl (C=O) groups excluding carboxylic acids is 1. The topological polar surface area (TPSA) is 69.6 Å². The van der Waals surface area contributed by atoms with Gasteiger partial charge in [-0.3, -0.25) is 4.79 Å². The summed E-state index contributed by atoms with van der Waals surface area (Å²) in [6.45, 7) is 0.519. The maximum absolute atomic E-state index is 12.2. The van der Waals surface area contributed by atoms with Crippen molar-refractivity contribution >= 4 is 39.3 Å². The summed E-state index contributed by atoms with van der Waals surface area (Å²) in [6, 6.07) is 1.76. The Labute approximate surface area is 130 Å². The molecule has 2 N–H and O–H groups in total. The lowest BCUT2D eigenvalue weighted by atomic mass is 9.74. The van der Waals surface area contributed by atoms with Crippen LogP contribution in [0.25, 0.3) is 0 Å². The van der Waals surface area contributed by atoms with Crippen LogP contribution >= 0.6 is 27.3 Å². The molecular weight excluding hydrogens is 344 g/mol. The lowest BCUT2D eigenvalue weighted by Gasteiger charge is -2.42. The molecule has 1 aromatic rings. The molecule has 20 heavy (non-hydrogen) atoms. The van der Waals surface area contributed by atoms with Gasteiger partial charge in [-0.2, -0.15) is 0 Å². The van der Waals surface area contributed by atoms with Gasteiger partial charge in [-0.25, -0.2) is 4.79 Å². The Bertz CT molecular complexity index is 513. The average molecular weight is 361 g/mol. The van der Waals surface area contributed by atoms with E-state index in [4.69, 9.17) is 5.11 Å². The summed E-state index contributed by atoms with van der Waals surface area (Å²) in [5.74, 6) is -0.866. The largest absolute Gasteiger partial charge is 0.481 e. The highest BCUT2D eigenvalue weighted by molar-refractivity contribution is 9.10. The van der Waals surface area contributed by atoms with Gasteiger partial charge in [0.05, 0.1) is 18.5 Å². The van der Waals surface area contributed by atoms with Crippen LogP contribution in [0.3, 0.4) is 0 Å². The van der Waals surface area contributed by atoms with Crippen LogP contribution in [0.15, 0.2) is 15.9 Å². The fourth-order valence-corrected chi connectivity index (χ4v) is 3.81. The molecule has 110 valence electrons. The van der Waals surface area contributed by atoms with E-state index in [2.05, 4.69) is 21.2 Å². The van der Waals surface area contributed by atoms with Gasteiger partial charge in [-0.15, -0.1) is 11.3 Å². The number of amides is 2. The van der Waals surface area contributed by atoms with Crippen molar-refractivity contribution in [1.82, 2.24) is 10.2 Å². The quantitative estimate of drug-likeness (QED) is 0.847. The van der Waals surface area contributed by atoms with Crippen LogP contribution in [0.5, 0.6) is 0 Å². The van der Waals surface area contributed by atoms with E-state index in [-0.39, 0.29) is 12.5 Å². The summed E-state index contributed by atoms with van der Waals surface area (Å²) in [6.07, 6.45) is 2.44. The Balaban J connectivity index is 1.91. The molecule has 0 radical (unpaired) electrons. The minimum atomic E-state index is -0.866. The molecule has 2 rings (SSSR count). The highest BCUT2D eigenvalue weighted by Gasteiger charge is 2.40. The van der Waals surface area contributed by atoms with E-state index in [0.29, 0.717) is 6.54 Å². The lowest BCUT2D eigenvalue weighted by Crippen LogP contribution is -2.57. The third-order valence-electron chi connectivity index (χ3n) is 3.53. The summed E-state index contributed by atoms with van der Waals surface area (Å²) in [7, 11) is 1.72. The summed E-state index contributed by atoms with van der Waals surface area (Å²) < 4.78 is 1.01. The Hall–Kier alpha value is -1.08. The van der Waals surface area contributed by atoms with Crippen LogP contribution < -0.4 is 5.32 Å². The van der Waals surface area contributed by atoms with Crippen LogP contribution in [0.2, 0.25) is 0 Å². The Morgan fingerprint density at radius 3 is 2.70 bits per heavy atom. The Kier molecular flexibility index (Phi) is 4.70. The Morgan fingerprint density at radius 2 is 2.25 bits per heavy atom. The van der Waals surface area contributed by atoms with Gasteiger partial charge in [0.2, 0.25) is 0 Å². The van der Waals surface area contributed by atoms with E-state index in [0.717, 1.165) is 28.6 Å². The van der Waals surface area contributed by atoms with Crippen molar-refractivity contribution in [3.63, 3.8) is 0 Å². The molecule has 1 aromatic heterocycles. The van der Waals surface area contributed by atoms with E-state index in [1.54, 1.807) is 23.3 Å². The number of thiophene rings is 1. The molecule has 0 aliphatic heterocycles. The molecule has 7 heteroatoms. The molecule has 0 atom stereocenters. The summed E-state index contributed by atoms with van der Waals surface area (Å²) in [5, 5.41) is 13.8. The fourth-order valence-electron chi connectivity index (χ4n) is 2.30. The molecule has 5 nitrogen and oxygen atoms in total. The second-order valence-corrected chi connectivity index (χ2v) is 7.13. The fraction of sp³-hybridized carbons (Fsp3) is 0.538. The number of aliphatic carboxylic acids is 1. The second kappa shape index (κ2) is 6.13. The molecular formula is C13H17BrN2O3S. The van der Waals surface area contributed by atoms with Crippen molar-refractivity contribution in [2.75, 3.05) is 7.05 Å². The van der Waals surface area contributed by atoms with Crippen molar-refractivity contribution in [3.05, 3.63) is 20.8 Å². The molecule has 1 aliphatic rings. The lowest BCUT2D eigenvalue weighted by molar-refractivity contribution is -0.139. The van der Waals surface area contributed by atoms with E-state index >= 15 is 0 Å². The van der Waals surface area contributed by atoms with Gasteiger partial charge in [0.1, 0.15) is 0 Å². The van der Waals surface area contributed by atoms with Crippen LogP contribution in [0.1, 0.15) is 30.6 Å². The van der Waals surface area contributed by atoms with E-state index in [9.17, 15) is 9.59 Å². The van der Waals surface area contributed by atoms with Crippen LogP contribution in [-0.2, 0) is 11.3 Å². The van der Waals surface area contributed by atoms with Crippen LogP contribution in [-0.4, -0.2) is 34.6 Å². The minimum absolute atomic E-state index is 0.00285. The first kappa shape index (κ1) is 15.3. The maximum atomic E-state index is 12.2. The SMILES string of the molecule is CN(Cc1cc(Br)cs1)C(=O)NC1(CC(=O)O)CCC1. The van der Waals surface area contributed by atoms with Crippen molar-refractivity contribution in [1.29, 1.82) is 0 Å². The first-order valence-corrected chi connectivity index (χ1v) is 8.05. The first-order chi connectivity index (χ1) is 9.40. The zero-order valence-corrected chi connectivity index (χ0v) is 13.6. The predicted octanol–water partition coefficient (Wildman–Crippen LogP) is 3.05. The van der Waals surface area contributed by atoms with E-state index in [1.807, 2.05) is 11.4 Å². The number of hydrogen-bond acceptors (Lipinski definition) is 3. The maximum Gasteiger partial charge on any atom is 0.317 e. The molecule has 0 unspecified atom stereocenters. The number of carbonyl (C=O) groups is 2. The second-order valence-electron chi connectivity index (χ2n) is 5.22. The third-order valence-corrected chi connectivity index (χ3v) is 5.22. The standard InChI is InChI=1S/C13H17BrN2O3S/c1-16(7-10-5-9(14)8-20-10)12(19)15-13(3-2-4-13)6-11(17)18/h5,8H,2-4,6-7H2,1H3,(H,15,19)(H,17,18). The smallest absolute Gasteiger partial charge is 0.317 e. The van der Waals surface area contributed by atoms with Gasteiger partial charge >= 0.3 is 12.0 Å². The van der Waals surface area contributed by atoms with E-state index < -0.39 is 11.5 Å². The molecule has 0 aromatic carbocycles. The minimum Gasteiger partial charge on any atom is -0.481 e. The molecule has 1 fully saturated rings. The zero-order valence-electron chi connectivity index (χ0n) is 11.2. The average Bonchev–Trinajstić information content (AvgIpc) is 2.71. The Morgan fingerprint density at radius 1 is 1.55 bits per heavy atom. The van der Waals surface area contributed by atoms with Crippen LogP contribution in [0, 0.1) is 0 Å². The normalized spacial score (nSPS) is 16.3. The monoisotopic (exact) mass is 360 g/mol. The van der Waals surface area contributed by atoms with Crippen LogP contribution in [0.4, 0.5) is 4.79 Å². The molecule has 0 bridgehead atoms. The van der Waals surface area contributed by atoms with Crippen molar-refractivity contribution < 1.29 is 14.7 Å². The predicted molar refractivity (Wildman–Crippen MR) is 80.9 cm³/mol. The summed E-state index contributed by atoms with van der Waals surface area (Å²) >= 11 is 4.96. The molecule has 1 saturated carbocycles. The first-order valence-electron chi connectivity index (χ1n) is 6.38. The zero-order chi connectivity index (χ0) is 14.8. The number of hydrogen-bond donors (Lipinski definition) is 2. The molecule has 2 amide bonds. The molecule has 0 spiro atoms. The van der Waals surface area contributed by atoms with Gasteiger partial charge in [0.25, 0.3) is 0 Å². The van der Waals surface area contributed by atoms with Crippen molar-refractivity contribution in [2.24, 2.45) is 0 Å². The number of carboxylic acid groups (broad SMARTS) is 1. The van der Waals surface area contributed by atoms with Gasteiger partial charge in [-0.1, -0.05) is 0 Å². The molecule has 0 saturated heterocycles. The van der Waals surface area contributed by atoms with Crippen molar-refractivity contribution in [3.8, 4) is 0 Å². The highest BCUT2D eigenvalue weighted by atomic mass is 79.9. The van der Waals surface area contributed by atoms with Gasteiger partial charge in [0, 0.05) is 21.8 Å². The summed E-state index contributed by atoms with van der Waals surface area (Å²) in [5.41, 5.74) is -0.548. The van der Waals surface area contributed by atoms with Gasteiger partial charge in [0.15, 0.2) is 0 Å². The highest BCUT2D eigenvalue weighted by Crippen LogP contribution is 2.35. The number of nitrogens with zero attached hydrogens (tertiary/aromatic N) is 1. The summed E-state index contributed by atoms with van der Waals surface area (Å²) in [4.78, 5) is 25.7. The number of carboxylic acids is 1. The molecule has 1 heterocycles. The van der Waals surface area contributed by atoms with Crippen molar-refractivity contribution in [2.45, 2.75) is 37.8 Å². The number of nitrogens with one attached hydrogen (secondary N) is 1. The molecule has 1 aliphatic carbocycles. The van der Waals surface area contributed by atoms with Gasteiger partial charge < -0.3 is 15.3 Å². The third kappa shape index (κ3) is 3.73. The number of halogens is 1. The number of rotatable bonds is 5. The van der Waals surface area contributed by atoms with Gasteiger partial charge in [-0.05, 0) is 41.3 Å². The number of urea groups is 1.